The second-order valence-corrected chi connectivity index (χ2v) is 6.77. The van der Waals surface area contributed by atoms with Gasteiger partial charge in [-0.3, -0.25) is 4.79 Å². The van der Waals surface area contributed by atoms with Gasteiger partial charge in [0.25, 0.3) is 5.56 Å². The van der Waals surface area contributed by atoms with Gasteiger partial charge in [-0.15, -0.1) is 11.8 Å². The molecule has 0 atom stereocenters. The fraction of sp³-hybridized carbons (Fsp3) is 0.278. The zero-order chi connectivity index (χ0) is 17.1. The highest BCUT2D eigenvalue weighted by molar-refractivity contribution is 7.98. The number of aromatic nitrogens is 1. The third-order valence-corrected chi connectivity index (χ3v) is 5.38. The Morgan fingerprint density at radius 1 is 1.17 bits per heavy atom. The second kappa shape index (κ2) is 7.13. The van der Waals surface area contributed by atoms with Crippen LogP contribution in [0.4, 0.5) is 4.39 Å². The number of halogens is 1. The molecule has 0 aliphatic heterocycles. The summed E-state index contributed by atoms with van der Waals surface area (Å²) in [5, 5.41) is 15.5. The Morgan fingerprint density at radius 3 is 2.62 bits per heavy atom. The van der Waals surface area contributed by atoms with Crippen LogP contribution in [0.5, 0.6) is 0 Å². The summed E-state index contributed by atoms with van der Waals surface area (Å²) in [5.41, 5.74) is 3.43. The van der Waals surface area contributed by atoms with Crippen molar-refractivity contribution in [3.05, 3.63) is 62.2 Å². The molecule has 3 N–H and O–H groups in total. The Bertz CT molecular complexity index is 860. The molecule has 0 saturated carbocycles. The highest BCUT2D eigenvalue weighted by Gasteiger charge is 2.20. The van der Waals surface area contributed by atoms with Crippen LogP contribution in [0.25, 0.3) is 0 Å². The molecule has 0 fully saturated rings. The first-order valence-corrected chi connectivity index (χ1v) is 8.82. The van der Waals surface area contributed by atoms with Crippen molar-refractivity contribution in [1.82, 2.24) is 4.98 Å². The van der Waals surface area contributed by atoms with Crippen molar-refractivity contribution in [2.75, 3.05) is 0 Å². The van der Waals surface area contributed by atoms with Gasteiger partial charge in [-0.05, 0) is 60.1 Å². The average molecular weight is 343 g/mol. The number of rotatable bonds is 5. The van der Waals surface area contributed by atoms with Gasteiger partial charge in [-0.2, -0.15) is 0 Å². The molecule has 24 heavy (non-hydrogen) atoms. The first-order chi connectivity index (χ1) is 11.6. The number of aromatic amines is 1. The van der Waals surface area contributed by atoms with Crippen LogP contribution in [0, 0.1) is 16.6 Å². The van der Waals surface area contributed by atoms with Gasteiger partial charge in [0.15, 0.2) is 0 Å². The highest BCUT2D eigenvalue weighted by Crippen LogP contribution is 2.32. The zero-order valence-electron chi connectivity index (χ0n) is 13.1. The van der Waals surface area contributed by atoms with Crippen molar-refractivity contribution >= 4 is 24.2 Å². The summed E-state index contributed by atoms with van der Waals surface area (Å²) < 4.78 is 14.0. The van der Waals surface area contributed by atoms with Crippen LogP contribution < -0.4 is 5.56 Å². The number of thioether (sulfide) groups is 1. The molecule has 0 bridgehead atoms. The monoisotopic (exact) mass is 343 g/mol. The Kier molecular flexibility index (Phi) is 4.94. The van der Waals surface area contributed by atoms with Gasteiger partial charge in [-0.25, -0.2) is 4.39 Å². The third-order valence-electron chi connectivity index (χ3n) is 4.29. The molecule has 0 saturated heterocycles. The van der Waals surface area contributed by atoms with E-state index in [1.165, 1.54) is 24.0 Å². The van der Waals surface area contributed by atoms with E-state index in [4.69, 9.17) is 10.8 Å². The Labute approximate surface area is 143 Å². The topological polar surface area (TPSA) is 80.6 Å². The fourth-order valence-corrected chi connectivity index (χ4v) is 4.14. The average Bonchev–Trinajstić information content (AvgIpc) is 2.61. The largest absolute Gasteiger partial charge is 0.316 e. The number of fused-ring (bicyclic) bond motifs is 1. The Morgan fingerprint density at radius 2 is 1.92 bits per heavy atom. The maximum atomic E-state index is 14.0. The van der Waals surface area contributed by atoms with Gasteiger partial charge in [0, 0.05) is 18.2 Å². The zero-order valence-corrected chi connectivity index (χ0v) is 13.9. The predicted molar refractivity (Wildman–Crippen MR) is 95.4 cm³/mol. The summed E-state index contributed by atoms with van der Waals surface area (Å²) in [7, 11) is 0. The van der Waals surface area contributed by atoms with E-state index in [1.807, 2.05) is 0 Å². The van der Waals surface area contributed by atoms with Gasteiger partial charge in [0.05, 0.1) is 10.6 Å². The number of H-pyrrole nitrogens is 1. The summed E-state index contributed by atoms with van der Waals surface area (Å²) >= 11 is 1.41. The number of benzene rings is 1. The highest BCUT2D eigenvalue weighted by atomic mass is 32.2. The van der Waals surface area contributed by atoms with E-state index in [1.54, 1.807) is 12.1 Å². The van der Waals surface area contributed by atoms with E-state index in [0.717, 1.165) is 48.1 Å². The first kappa shape index (κ1) is 16.6. The predicted octanol–water partition coefficient (Wildman–Crippen LogP) is 3.68. The summed E-state index contributed by atoms with van der Waals surface area (Å²) in [4.78, 5) is 15.1. The molecule has 0 radical (unpaired) electrons. The van der Waals surface area contributed by atoms with Crippen LogP contribution in [0.3, 0.4) is 0 Å². The molecule has 1 heterocycles. The lowest BCUT2D eigenvalue weighted by atomic mass is 9.90. The summed E-state index contributed by atoms with van der Waals surface area (Å²) in [5.74, 6) is 0.0836. The van der Waals surface area contributed by atoms with Crippen LogP contribution in [-0.2, 0) is 18.6 Å². The molecular formula is C18H18FN3OS. The van der Waals surface area contributed by atoms with E-state index < -0.39 is 0 Å². The van der Waals surface area contributed by atoms with Gasteiger partial charge in [0.1, 0.15) is 5.82 Å². The SMILES string of the molecule is N=Cc1ccc(F)c(CSc2[nH]c(=O)c(C=N)c3c2CCCC3)c1. The van der Waals surface area contributed by atoms with E-state index in [9.17, 15) is 9.18 Å². The van der Waals surface area contributed by atoms with Crippen molar-refractivity contribution in [2.45, 2.75) is 36.5 Å². The van der Waals surface area contributed by atoms with E-state index in [0.29, 0.717) is 22.4 Å². The van der Waals surface area contributed by atoms with Crippen molar-refractivity contribution in [3.8, 4) is 0 Å². The summed E-state index contributed by atoms with van der Waals surface area (Å²) in [6.45, 7) is 0. The number of nitrogens with one attached hydrogen (secondary N) is 3. The summed E-state index contributed by atoms with van der Waals surface area (Å²) in [6, 6.07) is 4.59. The molecule has 1 aromatic carbocycles. The van der Waals surface area contributed by atoms with Crippen molar-refractivity contribution in [3.63, 3.8) is 0 Å². The lowest BCUT2D eigenvalue weighted by molar-refractivity contribution is 0.617. The maximum Gasteiger partial charge on any atom is 0.257 e. The molecule has 1 aromatic heterocycles. The van der Waals surface area contributed by atoms with E-state index in [2.05, 4.69) is 4.98 Å². The van der Waals surface area contributed by atoms with Crippen molar-refractivity contribution in [2.24, 2.45) is 0 Å². The lowest BCUT2D eigenvalue weighted by Gasteiger charge is -2.20. The standard InChI is InChI=1S/C18H18FN3OS/c19-16-6-5-11(8-20)7-12(16)10-24-18-14-4-2-1-3-13(14)15(9-21)17(23)22-18/h5-9,20-21H,1-4,10H2,(H,22,23). The molecular weight excluding hydrogens is 325 g/mol. The van der Waals surface area contributed by atoms with Gasteiger partial charge in [-0.1, -0.05) is 6.07 Å². The molecule has 0 spiro atoms. The van der Waals surface area contributed by atoms with Crippen molar-refractivity contribution in [1.29, 1.82) is 10.8 Å². The molecule has 0 amide bonds. The molecule has 3 rings (SSSR count). The van der Waals surface area contributed by atoms with E-state index >= 15 is 0 Å². The van der Waals surface area contributed by atoms with Crippen LogP contribution in [0.2, 0.25) is 0 Å². The summed E-state index contributed by atoms with van der Waals surface area (Å²) in [6.07, 6.45) is 6.09. The third kappa shape index (κ3) is 3.19. The minimum atomic E-state index is -0.305. The van der Waals surface area contributed by atoms with E-state index in [-0.39, 0.29) is 11.4 Å². The van der Waals surface area contributed by atoms with Crippen LogP contribution >= 0.6 is 11.8 Å². The minimum Gasteiger partial charge on any atom is -0.316 e. The number of hydrogen-bond acceptors (Lipinski definition) is 4. The molecule has 6 heteroatoms. The quantitative estimate of drug-likeness (QED) is 0.572. The first-order valence-electron chi connectivity index (χ1n) is 7.84. The van der Waals surface area contributed by atoms with Gasteiger partial charge < -0.3 is 15.8 Å². The lowest BCUT2D eigenvalue weighted by Crippen LogP contribution is -2.21. The molecule has 1 aliphatic carbocycles. The van der Waals surface area contributed by atoms with Crippen LogP contribution in [0.15, 0.2) is 28.0 Å². The molecule has 124 valence electrons. The Balaban J connectivity index is 1.94. The van der Waals surface area contributed by atoms with Gasteiger partial charge in [0.2, 0.25) is 0 Å². The minimum absolute atomic E-state index is 0.248. The molecule has 0 unspecified atom stereocenters. The fourth-order valence-electron chi connectivity index (χ4n) is 3.06. The number of hydrogen-bond donors (Lipinski definition) is 3. The number of pyridine rings is 1. The Hall–Kier alpha value is -2.21. The second-order valence-electron chi connectivity index (χ2n) is 5.79. The molecule has 1 aliphatic rings. The maximum absolute atomic E-state index is 14.0. The normalized spacial score (nSPS) is 13.4. The van der Waals surface area contributed by atoms with Crippen LogP contribution in [0.1, 0.15) is 40.7 Å². The van der Waals surface area contributed by atoms with Crippen molar-refractivity contribution < 1.29 is 4.39 Å². The van der Waals surface area contributed by atoms with Gasteiger partial charge >= 0.3 is 0 Å². The molecule has 4 nitrogen and oxygen atoms in total. The molecule has 2 aromatic rings. The smallest absolute Gasteiger partial charge is 0.257 e. The van der Waals surface area contributed by atoms with Crippen LogP contribution in [-0.4, -0.2) is 17.4 Å².